The molecular weight excluding hydrogens is 218 g/mol. The average Bonchev–Trinajstić information content (AvgIpc) is 2.75. The van der Waals surface area contributed by atoms with Crippen molar-refractivity contribution in [3.05, 3.63) is 18.2 Å². The van der Waals surface area contributed by atoms with Crippen LogP contribution >= 0.6 is 0 Å². The van der Waals surface area contributed by atoms with E-state index < -0.39 is 0 Å². The van der Waals surface area contributed by atoms with Gasteiger partial charge in [-0.2, -0.15) is 0 Å². The number of amides is 1. The molecule has 1 heterocycles. The molecule has 0 aliphatic heterocycles. The summed E-state index contributed by atoms with van der Waals surface area (Å²) >= 11 is 0. The van der Waals surface area contributed by atoms with Crippen LogP contribution in [0.4, 0.5) is 0 Å². The number of aliphatic hydroxyl groups excluding tert-OH is 1. The third-order valence-corrected chi connectivity index (χ3v) is 3.31. The third kappa shape index (κ3) is 3.30. The molecule has 1 aromatic rings. The topological polar surface area (TPSA) is 67.2 Å². The molecule has 0 radical (unpaired) electrons. The Hall–Kier alpha value is -1.36. The Morgan fingerprint density at radius 2 is 2.24 bits per heavy atom. The monoisotopic (exact) mass is 237 g/mol. The number of aliphatic hydroxyl groups is 1. The summed E-state index contributed by atoms with van der Waals surface area (Å²) < 4.78 is 1.76. The molecule has 1 amide bonds. The number of rotatable bonds is 3. The van der Waals surface area contributed by atoms with Gasteiger partial charge < -0.3 is 15.0 Å². The molecule has 0 unspecified atom stereocenters. The van der Waals surface area contributed by atoms with Gasteiger partial charge in [0.15, 0.2) is 0 Å². The van der Waals surface area contributed by atoms with Crippen LogP contribution in [0.3, 0.4) is 0 Å². The summed E-state index contributed by atoms with van der Waals surface area (Å²) in [4.78, 5) is 15.7. The van der Waals surface area contributed by atoms with Gasteiger partial charge in [-0.25, -0.2) is 4.98 Å². The van der Waals surface area contributed by atoms with Gasteiger partial charge in [0, 0.05) is 19.8 Å². The van der Waals surface area contributed by atoms with Crippen molar-refractivity contribution in [3.63, 3.8) is 0 Å². The van der Waals surface area contributed by atoms with Gasteiger partial charge >= 0.3 is 0 Å². The largest absolute Gasteiger partial charge is 0.393 e. The van der Waals surface area contributed by atoms with E-state index in [2.05, 4.69) is 10.3 Å². The van der Waals surface area contributed by atoms with Crippen molar-refractivity contribution in [1.29, 1.82) is 0 Å². The van der Waals surface area contributed by atoms with E-state index in [9.17, 15) is 9.90 Å². The maximum atomic E-state index is 11.7. The van der Waals surface area contributed by atoms with Crippen LogP contribution in [0.1, 0.15) is 36.2 Å². The number of aryl methyl sites for hydroxylation is 1. The fourth-order valence-electron chi connectivity index (χ4n) is 2.21. The summed E-state index contributed by atoms with van der Waals surface area (Å²) in [5.41, 5.74) is 0.461. The molecule has 5 nitrogen and oxygen atoms in total. The first-order chi connectivity index (χ1) is 8.15. The quantitative estimate of drug-likeness (QED) is 0.813. The van der Waals surface area contributed by atoms with Crippen molar-refractivity contribution >= 4 is 5.91 Å². The van der Waals surface area contributed by atoms with Crippen LogP contribution in [0.5, 0.6) is 0 Å². The lowest BCUT2D eigenvalue weighted by Gasteiger charge is -2.25. The third-order valence-electron chi connectivity index (χ3n) is 3.31. The summed E-state index contributed by atoms with van der Waals surface area (Å²) in [6, 6.07) is 0. The van der Waals surface area contributed by atoms with E-state index in [-0.39, 0.29) is 12.0 Å². The van der Waals surface area contributed by atoms with Crippen molar-refractivity contribution in [2.24, 2.45) is 13.0 Å². The van der Waals surface area contributed by atoms with Crippen molar-refractivity contribution < 1.29 is 9.90 Å². The highest BCUT2D eigenvalue weighted by molar-refractivity contribution is 5.91. The fourth-order valence-corrected chi connectivity index (χ4v) is 2.21. The maximum absolute atomic E-state index is 11.7. The number of aromatic nitrogens is 2. The van der Waals surface area contributed by atoms with E-state index in [1.165, 1.54) is 0 Å². The second kappa shape index (κ2) is 5.31. The molecule has 0 spiro atoms. The Morgan fingerprint density at radius 1 is 1.53 bits per heavy atom. The van der Waals surface area contributed by atoms with Crippen LogP contribution < -0.4 is 5.32 Å². The summed E-state index contributed by atoms with van der Waals surface area (Å²) in [5, 5.41) is 12.3. The number of carbonyl (C=O) groups excluding carboxylic acids is 1. The summed E-state index contributed by atoms with van der Waals surface area (Å²) in [7, 11) is 1.84. The summed E-state index contributed by atoms with van der Waals surface area (Å²) in [5.74, 6) is 0.378. The second-order valence-electron chi connectivity index (χ2n) is 4.81. The Kier molecular flexibility index (Phi) is 3.78. The van der Waals surface area contributed by atoms with Crippen LogP contribution in [-0.2, 0) is 7.05 Å². The lowest BCUT2D eigenvalue weighted by Crippen LogP contribution is -2.32. The van der Waals surface area contributed by atoms with Crippen molar-refractivity contribution in [2.75, 3.05) is 6.54 Å². The average molecular weight is 237 g/mol. The van der Waals surface area contributed by atoms with E-state index in [4.69, 9.17) is 0 Å². The van der Waals surface area contributed by atoms with Crippen LogP contribution in [0.25, 0.3) is 0 Å². The van der Waals surface area contributed by atoms with Gasteiger partial charge in [-0.1, -0.05) is 0 Å². The molecule has 17 heavy (non-hydrogen) atoms. The van der Waals surface area contributed by atoms with Crippen LogP contribution in [-0.4, -0.2) is 33.2 Å². The molecule has 1 aromatic heterocycles. The Bertz CT molecular complexity index is 381. The molecule has 0 aromatic carbocycles. The fraction of sp³-hybridized carbons (Fsp3) is 0.667. The van der Waals surface area contributed by atoms with Gasteiger partial charge in [-0.3, -0.25) is 4.79 Å². The Balaban J connectivity index is 1.76. The SMILES string of the molecule is Cn1cnc(C(=O)NCC2CCC(O)CC2)c1. The van der Waals surface area contributed by atoms with E-state index in [0.29, 0.717) is 18.2 Å². The van der Waals surface area contributed by atoms with Gasteiger partial charge in [-0.05, 0) is 31.6 Å². The van der Waals surface area contributed by atoms with Crippen molar-refractivity contribution in [2.45, 2.75) is 31.8 Å². The summed E-state index contributed by atoms with van der Waals surface area (Å²) in [6.07, 6.45) is 6.87. The molecule has 94 valence electrons. The number of imidazole rings is 1. The minimum Gasteiger partial charge on any atom is -0.393 e. The first kappa shape index (κ1) is 12.1. The molecule has 5 heteroatoms. The van der Waals surface area contributed by atoms with Crippen molar-refractivity contribution in [3.8, 4) is 0 Å². The minimum absolute atomic E-state index is 0.114. The minimum atomic E-state index is -0.141. The standard InChI is InChI=1S/C12H19N3O2/c1-15-7-11(14-8-15)12(17)13-6-9-2-4-10(16)5-3-9/h7-10,16H,2-6H2,1H3,(H,13,17). The van der Waals surface area contributed by atoms with Gasteiger partial charge in [0.25, 0.3) is 5.91 Å². The maximum Gasteiger partial charge on any atom is 0.271 e. The Labute approximate surface area is 101 Å². The predicted octanol–water partition coefficient (Wildman–Crippen LogP) is 0.701. The first-order valence-corrected chi connectivity index (χ1v) is 6.09. The molecule has 2 N–H and O–H groups in total. The molecule has 1 aliphatic carbocycles. The normalized spacial score (nSPS) is 24.6. The van der Waals surface area contributed by atoms with Crippen LogP contribution in [0, 0.1) is 5.92 Å². The van der Waals surface area contributed by atoms with Gasteiger partial charge in [0.05, 0.1) is 12.4 Å². The smallest absolute Gasteiger partial charge is 0.271 e. The highest BCUT2D eigenvalue weighted by Gasteiger charge is 2.20. The number of hydrogen-bond donors (Lipinski definition) is 2. The van der Waals surface area contributed by atoms with E-state index >= 15 is 0 Å². The highest BCUT2D eigenvalue weighted by Crippen LogP contribution is 2.23. The molecule has 0 atom stereocenters. The number of nitrogens with zero attached hydrogens (tertiary/aromatic N) is 2. The van der Waals surface area contributed by atoms with Crippen molar-refractivity contribution in [1.82, 2.24) is 14.9 Å². The zero-order chi connectivity index (χ0) is 12.3. The number of nitrogens with one attached hydrogen (secondary N) is 1. The zero-order valence-electron chi connectivity index (χ0n) is 10.1. The van der Waals surface area contributed by atoms with Gasteiger partial charge in [0.2, 0.25) is 0 Å². The number of carbonyl (C=O) groups is 1. The zero-order valence-corrected chi connectivity index (χ0v) is 10.1. The highest BCUT2D eigenvalue weighted by atomic mass is 16.3. The van der Waals surface area contributed by atoms with Crippen LogP contribution in [0.2, 0.25) is 0 Å². The second-order valence-corrected chi connectivity index (χ2v) is 4.81. The molecule has 0 saturated heterocycles. The van der Waals surface area contributed by atoms with E-state index in [1.807, 2.05) is 7.05 Å². The molecule has 1 saturated carbocycles. The molecule has 2 rings (SSSR count). The van der Waals surface area contributed by atoms with E-state index in [1.54, 1.807) is 17.1 Å². The lowest BCUT2D eigenvalue weighted by molar-refractivity contribution is 0.0906. The molecule has 1 aliphatic rings. The first-order valence-electron chi connectivity index (χ1n) is 6.09. The van der Waals surface area contributed by atoms with E-state index in [0.717, 1.165) is 25.7 Å². The Morgan fingerprint density at radius 3 is 2.82 bits per heavy atom. The predicted molar refractivity (Wildman–Crippen MR) is 63.5 cm³/mol. The number of hydrogen-bond acceptors (Lipinski definition) is 3. The lowest BCUT2D eigenvalue weighted by atomic mass is 9.87. The van der Waals surface area contributed by atoms with Gasteiger partial charge in [0.1, 0.15) is 5.69 Å². The molecular formula is C12H19N3O2. The van der Waals surface area contributed by atoms with Gasteiger partial charge in [-0.15, -0.1) is 0 Å². The molecule has 1 fully saturated rings. The van der Waals surface area contributed by atoms with Crippen LogP contribution in [0.15, 0.2) is 12.5 Å². The summed E-state index contributed by atoms with van der Waals surface area (Å²) in [6.45, 7) is 0.683. The molecule has 0 bridgehead atoms.